The van der Waals surface area contributed by atoms with Gasteiger partial charge in [0.2, 0.25) is 0 Å². The first-order valence-corrected chi connectivity index (χ1v) is 16.1. The highest BCUT2D eigenvalue weighted by Gasteiger charge is 2.27. The maximum atomic E-state index is 14.7. The monoisotopic (exact) mass is 674 g/mol. The fourth-order valence-electron chi connectivity index (χ4n) is 4.80. The van der Waals surface area contributed by atoms with E-state index in [9.17, 15) is 22.4 Å². The molecule has 0 radical (unpaired) electrons. The van der Waals surface area contributed by atoms with Crippen molar-refractivity contribution in [3.8, 4) is 11.3 Å². The Bertz CT molecular complexity index is 1570. The van der Waals surface area contributed by atoms with E-state index >= 15 is 0 Å². The van der Waals surface area contributed by atoms with Gasteiger partial charge in [0.05, 0.1) is 22.6 Å². The molecule has 0 bridgehead atoms. The summed E-state index contributed by atoms with van der Waals surface area (Å²) in [6.45, 7) is 8.68. The average Bonchev–Trinajstić information content (AvgIpc) is 3.37. The number of nitrogen functional groups attached to an aromatic ring is 1. The van der Waals surface area contributed by atoms with E-state index in [1.165, 1.54) is 24.8 Å². The van der Waals surface area contributed by atoms with E-state index in [0.29, 0.717) is 51.2 Å². The van der Waals surface area contributed by atoms with Crippen LogP contribution in [0.25, 0.3) is 27.7 Å². The van der Waals surface area contributed by atoms with Gasteiger partial charge in [-0.05, 0) is 69.9 Å². The van der Waals surface area contributed by atoms with E-state index in [2.05, 4.69) is 39.9 Å². The van der Waals surface area contributed by atoms with E-state index < -0.39 is 17.7 Å². The number of aromatic nitrogens is 3. The number of likely N-dealkylation sites (tertiary alicyclic amines) is 1. The minimum absolute atomic E-state index is 0.0662. The lowest BCUT2D eigenvalue weighted by Gasteiger charge is -2.26. The van der Waals surface area contributed by atoms with Crippen LogP contribution in [0.5, 0.6) is 0 Å². The molecular formula is C33H42F4N8OS. The number of nitrogens with two attached hydrogens (primary N) is 2. The molecule has 3 aromatic rings. The van der Waals surface area contributed by atoms with Crippen LogP contribution in [0.15, 0.2) is 60.9 Å². The summed E-state index contributed by atoms with van der Waals surface area (Å²) in [5.74, 6) is -1.23. The van der Waals surface area contributed by atoms with Crippen molar-refractivity contribution in [1.82, 2.24) is 19.7 Å². The minimum Gasteiger partial charge on any atom is -0.404 e. The fourth-order valence-corrected chi connectivity index (χ4v) is 5.35. The molecule has 1 saturated heterocycles. The first-order chi connectivity index (χ1) is 22.4. The van der Waals surface area contributed by atoms with Gasteiger partial charge in [0.1, 0.15) is 29.4 Å². The lowest BCUT2D eigenvalue weighted by Crippen LogP contribution is -2.32. The standard InChI is InChI=1S/C24H28F4N8S.C5H8O.C4H6/c1-35-7-5-16(6-8-35)31-11-15(10-29)17-12-32-23(30)20-21(33-36(2)22(17)20)14-3-4-19(18(25)9-14)34-37-13-24(26,27)28;6-4-5-2-1-3-5;1-3-4-2/h3-4,9-12,16,34H,5-8,13,29H2,1-2H3,(H2,30,32);4-5H,1-3H2;3-4H,1-2H2/b15-10+,31-11?;;. The number of carbonyl (C=O) groups is 1. The second kappa shape index (κ2) is 17.7. The van der Waals surface area contributed by atoms with Gasteiger partial charge in [-0.15, -0.1) is 0 Å². The van der Waals surface area contributed by atoms with Crippen LogP contribution in [0.2, 0.25) is 0 Å². The second-order valence-electron chi connectivity index (χ2n) is 11.2. The van der Waals surface area contributed by atoms with E-state index in [1.807, 2.05) is 0 Å². The third-order valence-electron chi connectivity index (χ3n) is 7.66. The number of fused-ring (bicyclic) bond motifs is 1. The Labute approximate surface area is 277 Å². The number of alkyl halides is 3. The quantitative estimate of drug-likeness (QED) is 0.0745. The Hall–Kier alpha value is -4.17. The van der Waals surface area contributed by atoms with Crippen molar-refractivity contribution in [1.29, 1.82) is 0 Å². The fraction of sp³-hybridized carbons (Fsp3) is 0.394. The predicted molar refractivity (Wildman–Crippen MR) is 185 cm³/mol. The van der Waals surface area contributed by atoms with Crippen molar-refractivity contribution in [2.75, 3.05) is 36.3 Å². The van der Waals surface area contributed by atoms with Crippen LogP contribution < -0.4 is 16.2 Å². The third kappa shape index (κ3) is 10.7. The molecule has 0 unspecified atom stereocenters. The van der Waals surface area contributed by atoms with Crippen molar-refractivity contribution in [2.24, 2.45) is 23.7 Å². The Morgan fingerprint density at radius 2 is 1.85 bits per heavy atom. The zero-order chi connectivity index (χ0) is 34.6. The molecule has 9 nitrogen and oxygen atoms in total. The number of anilines is 2. The Kier molecular flexibility index (Phi) is 14.0. The van der Waals surface area contributed by atoms with Crippen molar-refractivity contribution in [3.05, 3.63) is 67.3 Å². The molecule has 5 rings (SSSR count). The van der Waals surface area contributed by atoms with Crippen LogP contribution >= 0.6 is 11.9 Å². The van der Waals surface area contributed by atoms with Crippen LogP contribution in [0.3, 0.4) is 0 Å². The van der Waals surface area contributed by atoms with Gasteiger partial charge in [-0.3, -0.25) is 9.67 Å². The number of nitrogens with zero attached hydrogens (tertiary/aromatic N) is 5. The number of aldehydes is 1. The van der Waals surface area contributed by atoms with Crippen molar-refractivity contribution in [2.45, 2.75) is 44.3 Å². The van der Waals surface area contributed by atoms with Gasteiger partial charge in [0.15, 0.2) is 0 Å². The summed E-state index contributed by atoms with van der Waals surface area (Å²) in [7, 11) is 3.82. The molecule has 2 aromatic heterocycles. The van der Waals surface area contributed by atoms with Crippen molar-refractivity contribution in [3.63, 3.8) is 0 Å². The summed E-state index contributed by atoms with van der Waals surface area (Å²) in [5, 5.41) is 5.07. The van der Waals surface area contributed by atoms with E-state index in [-0.39, 0.29) is 17.5 Å². The Morgan fingerprint density at radius 3 is 2.36 bits per heavy atom. The number of benzene rings is 1. The van der Waals surface area contributed by atoms with Gasteiger partial charge < -0.3 is 25.9 Å². The second-order valence-corrected chi connectivity index (χ2v) is 12.0. The summed E-state index contributed by atoms with van der Waals surface area (Å²) < 4.78 is 56.0. The van der Waals surface area contributed by atoms with E-state index in [4.69, 9.17) is 16.5 Å². The number of pyridine rings is 1. The molecule has 1 saturated carbocycles. The molecule has 1 aliphatic carbocycles. The summed E-state index contributed by atoms with van der Waals surface area (Å²) >= 11 is 0.363. The van der Waals surface area contributed by atoms with E-state index in [1.54, 1.807) is 42.4 Å². The maximum absolute atomic E-state index is 14.7. The summed E-state index contributed by atoms with van der Waals surface area (Å²) in [4.78, 5) is 21.1. The Balaban J connectivity index is 0.000000516. The molecule has 0 amide bonds. The topological polar surface area (TPSA) is 127 Å². The summed E-state index contributed by atoms with van der Waals surface area (Å²) in [6.07, 6.45) is 10.2. The average molecular weight is 675 g/mol. The number of hydrogen-bond donors (Lipinski definition) is 3. The SMILES string of the molecule is C=CC=C.CN1CCC(N=C/C(=C\N)c2cnc(N)c3c(-c4ccc(NSCC(F)(F)F)c(F)c4)nn(C)c23)CC1.O=CC1CCC1. The number of piperidine rings is 1. The van der Waals surface area contributed by atoms with Crippen LogP contribution in [-0.4, -0.2) is 70.3 Å². The molecule has 0 spiro atoms. The van der Waals surface area contributed by atoms with Gasteiger partial charge in [-0.2, -0.15) is 18.3 Å². The summed E-state index contributed by atoms with van der Waals surface area (Å²) in [5.41, 5.74) is 14.9. The molecule has 1 aliphatic heterocycles. The molecular weight excluding hydrogens is 632 g/mol. The zero-order valence-electron chi connectivity index (χ0n) is 26.6. The highest BCUT2D eigenvalue weighted by molar-refractivity contribution is 8.00. The van der Waals surface area contributed by atoms with E-state index in [0.717, 1.165) is 45.1 Å². The molecule has 3 heterocycles. The predicted octanol–water partition coefficient (Wildman–Crippen LogP) is 6.79. The molecule has 1 aromatic carbocycles. The van der Waals surface area contributed by atoms with Gasteiger partial charge in [-0.25, -0.2) is 9.37 Å². The number of halogens is 4. The molecule has 47 heavy (non-hydrogen) atoms. The number of aliphatic imine (C=N–C) groups is 1. The molecule has 5 N–H and O–H groups in total. The first-order valence-electron chi connectivity index (χ1n) is 15.1. The van der Waals surface area contributed by atoms with Crippen LogP contribution in [0, 0.1) is 11.7 Å². The molecule has 2 aliphatic rings. The maximum Gasteiger partial charge on any atom is 0.399 e. The molecule has 2 fully saturated rings. The van der Waals surface area contributed by atoms with Gasteiger partial charge >= 0.3 is 6.18 Å². The highest BCUT2D eigenvalue weighted by atomic mass is 32.2. The lowest BCUT2D eigenvalue weighted by molar-refractivity contribution is -0.113. The smallest absolute Gasteiger partial charge is 0.399 e. The van der Waals surface area contributed by atoms with Gasteiger partial charge in [-0.1, -0.05) is 37.8 Å². The summed E-state index contributed by atoms with van der Waals surface area (Å²) in [6, 6.07) is 4.33. The lowest BCUT2D eigenvalue weighted by atomic mass is 9.87. The van der Waals surface area contributed by atoms with Crippen LogP contribution in [-0.2, 0) is 11.8 Å². The Morgan fingerprint density at radius 1 is 1.17 bits per heavy atom. The van der Waals surface area contributed by atoms with Crippen molar-refractivity contribution >= 4 is 52.4 Å². The number of hydrogen-bond acceptors (Lipinski definition) is 9. The third-order valence-corrected chi connectivity index (χ3v) is 8.50. The van der Waals surface area contributed by atoms with Gasteiger partial charge in [0, 0.05) is 48.3 Å². The molecule has 0 atom stereocenters. The first kappa shape index (κ1) is 37.3. The molecule has 254 valence electrons. The number of nitrogens with one attached hydrogen (secondary N) is 1. The number of carbonyl (C=O) groups excluding carboxylic acids is 1. The largest absolute Gasteiger partial charge is 0.404 e. The van der Waals surface area contributed by atoms with Crippen LogP contribution in [0.4, 0.5) is 29.1 Å². The van der Waals surface area contributed by atoms with Gasteiger partial charge in [0.25, 0.3) is 0 Å². The zero-order valence-corrected chi connectivity index (χ0v) is 27.5. The minimum atomic E-state index is -4.36. The number of allylic oxidation sites excluding steroid dienone is 3. The molecule has 14 heteroatoms. The van der Waals surface area contributed by atoms with Crippen molar-refractivity contribution < 1.29 is 22.4 Å². The van der Waals surface area contributed by atoms with Crippen LogP contribution in [0.1, 0.15) is 37.7 Å². The number of rotatable bonds is 9. The highest BCUT2D eigenvalue weighted by Crippen LogP contribution is 2.36. The number of aryl methyl sites for hydroxylation is 1. The normalized spacial score (nSPS) is 16.1.